The van der Waals surface area contributed by atoms with Crippen LogP contribution in [0.25, 0.3) is 0 Å². The van der Waals surface area contributed by atoms with Crippen LogP contribution in [-0.2, 0) is 15.6 Å². The summed E-state index contributed by atoms with van der Waals surface area (Å²) in [6.45, 7) is 1.57. The molecular formula is C10H14N2O3S. The average molecular weight is 242 g/mol. The minimum absolute atomic E-state index is 0.0595. The van der Waals surface area contributed by atoms with E-state index >= 15 is 0 Å². The second kappa shape index (κ2) is 4.52. The van der Waals surface area contributed by atoms with Gasteiger partial charge in [-0.05, 0) is 17.7 Å². The third kappa shape index (κ3) is 2.96. The van der Waals surface area contributed by atoms with Crippen LogP contribution in [0.2, 0.25) is 0 Å². The van der Waals surface area contributed by atoms with Crippen molar-refractivity contribution < 1.29 is 13.2 Å². The molecule has 0 spiro atoms. The fraction of sp³-hybridized carbons (Fsp3) is 0.300. The molecule has 0 aliphatic rings. The third-order valence-electron chi connectivity index (χ3n) is 2.25. The molecule has 0 radical (unpaired) electrons. The predicted molar refractivity (Wildman–Crippen MR) is 62.5 cm³/mol. The summed E-state index contributed by atoms with van der Waals surface area (Å²) >= 11 is 0. The molecule has 0 aromatic heterocycles. The number of rotatable bonds is 4. The second-order valence-corrected chi connectivity index (χ2v) is 5.81. The summed E-state index contributed by atoms with van der Waals surface area (Å²) in [6, 6.07) is 4.38. The first-order valence-electron chi connectivity index (χ1n) is 4.74. The monoisotopic (exact) mass is 242 g/mol. The summed E-state index contributed by atoms with van der Waals surface area (Å²) in [5, 5.41) is 0. The number of hydrogen-bond donors (Lipinski definition) is 2. The maximum atomic E-state index is 11.4. The van der Waals surface area contributed by atoms with E-state index in [1.54, 1.807) is 6.92 Å². The lowest BCUT2D eigenvalue weighted by Gasteiger charge is -2.06. The van der Waals surface area contributed by atoms with Crippen LogP contribution >= 0.6 is 0 Å². The van der Waals surface area contributed by atoms with Gasteiger partial charge in [-0.2, -0.15) is 0 Å². The highest BCUT2D eigenvalue weighted by Gasteiger charge is 2.12. The number of primary amides is 1. The molecule has 0 atom stereocenters. The number of amides is 1. The number of nitrogens with two attached hydrogens (primary N) is 2. The molecule has 16 heavy (non-hydrogen) atoms. The smallest absolute Gasteiger partial charge is 0.248 e. The van der Waals surface area contributed by atoms with Gasteiger partial charge in [0, 0.05) is 17.0 Å². The van der Waals surface area contributed by atoms with E-state index in [-0.39, 0.29) is 22.8 Å². The van der Waals surface area contributed by atoms with Crippen LogP contribution in [0.4, 0.5) is 5.69 Å². The normalized spacial score (nSPS) is 11.3. The predicted octanol–water partition coefficient (Wildman–Crippen LogP) is 0.302. The van der Waals surface area contributed by atoms with Gasteiger partial charge in [-0.3, -0.25) is 4.79 Å². The van der Waals surface area contributed by atoms with Gasteiger partial charge in [0.05, 0.1) is 5.75 Å². The molecule has 88 valence electrons. The summed E-state index contributed by atoms with van der Waals surface area (Å²) in [5.74, 6) is -0.644. The quantitative estimate of drug-likeness (QED) is 0.741. The van der Waals surface area contributed by atoms with E-state index in [0.29, 0.717) is 5.56 Å². The van der Waals surface area contributed by atoms with Crippen LogP contribution in [-0.4, -0.2) is 20.1 Å². The van der Waals surface area contributed by atoms with E-state index < -0.39 is 15.7 Å². The molecule has 0 aliphatic heterocycles. The van der Waals surface area contributed by atoms with Gasteiger partial charge in [0.15, 0.2) is 9.84 Å². The second-order valence-electron chi connectivity index (χ2n) is 3.45. The van der Waals surface area contributed by atoms with Gasteiger partial charge in [0.25, 0.3) is 0 Å². The standard InChI is InChI=1S/C10H14N2O3S/c1-2-16(14,15)6-8-4-3-7(10(12)13)5-9(8)11/h3-5H,2,6,11H2,1H3,(H2,12,13). The first-order valence-corrected chi connectivity index (χ1v) is 6.56. The van der Waals surface area contributed by atoms with Crippen LogP contribution in [0.15, 0.2) is 18.2 Å². The lowest BCUT2D eigenvalue weighted by atomic mass is 10.1. The first-order chi connectivity index (χ1) is 7.35. The highest BCUT2D eigenvalue weighted by Crippen LogP contribution is 2.17. The number of carbonyl (C=O) groups is 1. The van der Waals surface area contributed by atoms with E-state index in [1.165, 1.54) is 18.2 Å². The molecule has 0 heterocycles. The van der Waals surface area contributed by atoms with Crippen molar-refractivity contribution in [3.63, 3.8) is 0 Å². The van der Waals surface area contributed by atoms with Crippen molar-refractivity contribution in [2.24, 2.45) is 5.73 Å². The molecule has 0 fully saturated rings. The van der Waals surface area contributed by atoms with Crippen molar-refractivity contribution in [2.75, 3.05) is 11.5 Å². The van der Waals surface area contributed by atoms with Crippen molar-refractivity contribution >= 4 is 21.4 Å². The lowest BCUT2D eigenvalue weighted by molar-refractivity contribution is 0.100. The van der Waals surface area contributed by atoms with Crippen molar-refractivity contribution in [3.8, 4) is 0 Å². The van der Waals surface area contributed by atoms with E-state index in [4.69, 9.17) is 11.5 Å². The largest absolute Gasteiger partial charge is 0.398 e. The SMILES string of the molecule is CCS(=O)(=O)Cc1ccc(C(N)=O)cc1N. The van der Waals surface area contributed by atoms with Gasteiger partial charge < -0.3 is 11.5 Å². The Balaban J connectivity index is 3.05. The number of nitrogen functional groups attached to an aromatic ring is 1. The molecule has 0 saturated heterocycles. The minimum Gasteiger partial charge on any atom is -0.398 e. The van der Waals surface area contributed by atoms with Gasteiger partial charge >= 0.3 is 0 Å². The van der Waals surface area contributed by atoms with Gasteiger partial charge in [-0.15, -0.1) is 0 Å². The topological polar surface area (TPSA) is 103 Å². The molecule has 1 amide bonds. The number of anilines is 1. The zero-order valence-electron chi connectivity index (χ0n) is 8.93. The van der Waals surface area contributed by atoms with Crippen LogP contribution in [0.5, 0.6) is 0 Å². The Bertz CT molecular complexity index is 509. The molecule has 1 rings (SSSR count). The number of benzene rings is 1. The highest BCUT2D eigenvalue weighted by molar-refractivity contribution is 7.90. The highest BCUT2D eigenvalue weighted by atomic mass is 32.2. The van der Waals surface area contributed by atoms with Gasteiger partial charge in [0.2, 0.25) is 5.91 Å². The Morgan fingerprint density at radius 2 is 2.00 bits per heavy atom. The van der Waals surface area contributed by atoms with E-state index in [2.05, 4.69) is 0 Å². The Hall–Kier alpha value is -1.56. The summed E-state index contributed by atoms with van der Waals surface area (Å²) in [7, 11) is -3.12. The Morgan fingerprint density at radius 3 is 2.44 bits per heavy atom. The molecule has 1 aromatic rings. The van der Waals surface area contributed by atoms with E-state index in [0.717, 1.165) is 0 Å². The molecular weight excluding hydrogens is 228 g/mol. The lowest BCUT2D eigenvalue weighted by Crippen LogP contribution is -2.13. The number of sulfone groups is 1. The summed E-state index contributed by atoms with van der Waals surface area (Å²) < 4.78 is 22.8. The van der Waals surface area contributed by atoms with E-state index in [1.807, 2.05) is 0 Å². The molecule has 0 aliphatic carbocycles. The Labute approximate surface area is 94.4 Å². The van der Waals surface area contributed by atoms with E-state index in [9.17, 15) is 13.2 Å². The van der Waals surface area contributed by atoms with Gasteiger partial charge in [0.1, 0.15) is 0 Å². The Morgan fingerprint density at radius 1 is 1.38 bits per heavy atom. The van der Waals surface area contributed by atoms with Gasteiger partial charge in [-0.25, -0.2) is 8.42 Å². The fourth-order valence-electron chi connectivity index (χ4n) is 1.22. The molecule has 0 saturated carbocycles. The van der Waals surface area contributed by atoms with Crippen molar-refractivity contribution in [1.29, 1.82) is 0 Å². The summed E-state index contributed by atoms with van der Waals surface area (Å²) in [5.41, 5.74) is 11.8. The molecule has 4 N–H and O–H groups in total. The molecule has 5 nitrogen and oxygen atoms in total. The van der Waals surface area contributed by atoms with Crippen molar-refractivity contribution in [2.45, 2.75) is 12.7 Å². The molecule has 0 unspecified atom stereocenters. The van der Waals surface area contributed by atoms with Crippen LogP contribution in [0.3, 0.4) is 0 Å². The molecule has 6 heteroatoms. The Kier molecular flexibility index (Phi) is 3.54. The first kappa shape index (κ1) is 12.5. The fourth-order valence-corrected chi connectivity index (χ4v) is 2.16. The number of hydrogen-bond acceptors (Lipinski definition) is 4. The minimum atomic E-state index is -3.12. The van der Waals surface area contributed by atoms with Crippen molar-refractivity contribution in [1.82, 2.24) is 0 Å². The van der Waals surface area contributed by atoms with Gasteiger partial charge in [-0.1, -0.05) is 13.0 Å². The zero-order chi connectivity index (χ0) is 12.3. The maximum Gasteiger partial charge on any atom is 0.248 e. The maximum absolute atomic E-state index is 11.4. The molecule has 1 aromatic carbocycles. The summed E-state index contributed by atoms with van der Waals surface area (Å²) in [4.78, 5) is 10.9. The van der Waals surface area contributed by atoms with Crippen LogP contribution < -0.4 is 11.5 Å². The average Bonchev–Trinajstić information content (AvgIpc) is 2.20. The van der Waals surface area contributed by atoms with Crippen LogP contribution in [0.1, 0.15) is 22.8 Å². The van der Waals surface area contributed by atoms with Crippen LogP contribution in [0, 0.1) is 0 Å². The third-order valence-corrected chi connectivity index (χ3v) is 3.88. The zero-order valence-corrected chi connectivity index (χ0v) is 9.75. The van der Waals surface area contributed by atoms with Crippen molar-refractivity contribution in [3.05, 3.63) is 29.3 Å². The molecule has 0 bridgehead atoms. The number of carbonyl (C=O) groups excluding carboxylic acids is 1. The summed E-state index contributed by atoms with van der Waals surface area (Å²) in [6.07, 6.45) is 0.